The summed E-state index contributed by atoms with van der Waals surface area (Å²) in [6.07, 6.45) is 1.84. The molecule has 0 aliphatic heterocycles. The Balaban J connectivity index is 0.00000481. The van der Waals surface area contributed by atoms with Crippen LogP contribution in [0.3, 0.4) is 0 Å². The Labute approximate surface area is 328 Å². The summed E-state index contributed by atoms with van der Waals surface area (Å²) in [6.45, 7) is 24.2. The van der Waals surface area contributed by atoms with Gasteiger partial charge in [-0.15, -0.1) is 35.3 Å². The van der Waals surface area contributed by atoms with Crippen molar-refractivity contribution < 1.29 is 25.5 Å². The molecule has 0 aliphatic rings. The molecular formula is C48H48FN3Pt. The van der Waals surface area contributed by atoms with Gasteiger partial charge in [0, 0.05) is 17.5 Å². The van der Waals surface area contributed by atoms with Crippen LogP contribution in [-0.4, -0.2) is 9.97 Å². The van der Waals surface area contributed by atoms with Crippen molar-refractivity contribution in [3.05, 3.63) is 131 Å². The van der Waals surface area contributed by atoms with Crippen LogP contribution < -0.4 is 4.98 Å². The minimum atomic E-state index is -0.483. The molecule has 4 aromatic carbocycles. The van der Waals surface area contributed by atoms with Crippen LogP contribution >= 0.6 is 0 Å². The largest absolute Gasteiger partial charge is 2.00 e. The molecule has 0 aliphatic carbocycles. The zero-order valence-corrected chi connectivity index (χ0v) is 35.0. The Morgan fingerprint density at radius 1 is 0.566 bits per heavy atom. The van der Waals surface area contributed by atoms with Gasteiger partial charge in [0.1, 0.15) is 0 Å². The number of aryl methyl sites for hydroxylation is 2. The van der Waals surface area contributed by atoms with E-state index in [0.717, 1.165) is 66.4 Å². The summed E-state index contributed by atoms with van der Waals surface area (Å²) in [4.78, 5) is 14.6. The molecule has 0 amide bonds. The van der Waals surface area contributed by atoms with Crippen molar-refractivity contribution in [2.45, 2.75) is 92.4 Å². The standard InChI is InChI=1S/C48H48FN3.Pt/c1-28-21-32(46(3,4)5)22-29(2)42(28)35-18-19-40(51-45(35)49)31-16-14-15-30(23-31)36-24-33(47(6,7)8)25-37-38-26-34(48(9,10)11)27-39(44(38)52-43(36)37)41-17-12-13-20-50-41;/h12-22,24-27H,1-11H3;/q-2;+2. The monoisotopic (exact) mass is 880 g/mol. The zero-order chi connectivity index (χ0) is 37.3. The van der Waals surface area contributed by atoms with Crippen molar-refractivity contribution >= 4 is 21.8 Å². The molecule has 0 saturated carbocycles. The number of fused-ring (bicyclic) bond motifs is 3. The van der Waals surface area contributed by atoms with Crippen LogP contribution in [-0.2, 0) is 37.3 Å². The number of nitrogens with zero attached hydrogens (tertiary/aromatic N) is 3. The van der Waals surface area contributed by atoms with Crippen LogP contribution in [0.15, 0.2) is 91.1 Å². The van der Waals surface area contributed by atoms with E-state index in [0.29, 0.717) is 11.3 Å². The molecule has 5 heteroatoms. The number of rotatable bonds is 4. The van der Waals surface area contributed by atoms with Gasteiger partial charge >= 0.3 is 21.1 Å². The van der Waals surface area contributed by atoms with Gasteiger partial charge in [0.25, 0.3) is 0 Å². The topological polar surface area (TPSA) is 39.9 Å². The minimum absolute atomic E-state index is 0. The fourth-order valence-corrected chi connectivity index (χ4v) is 7.19. The molecule has 0 N–H and O–H groups in total. The van der Waals surface area contributed by atoms with Crippen molar-refractivity contribution in [2.75, 3.05) is 0 Å². The zero-order valence-electron chi connectivity index (χ0n) is 32.7. The van der Waals surface area contributed by atoms with Crippen molar-refractivity contribution in [3.8, 4) is 44.8 Å². The molecular weight excluding hydrogens is 833 g/mol. The molecule has 0 spiro atoms. The quantitative estimate of drug-likeness (QED) is 0.131. The van der Waals surface area contributed by atoms with Crippen molar-refractivity contribution in [1.29, 1.82) is 0 Å². The van der Waals surface area contributed by atoms with Crippen LogP contribution in [0, 0.1) is 25.9 Å². The second-order valence-corrected chi connectivity index (χ2v) is 17.4. The predicted molar refractivity (Wildman–Crippen MR) is 216 cm³/mol. The first-order valence-electron chi connectivity index (χ1n) is 18.2. The Morgan fingerprint density at radius 2 is 1.11 bits per heavy atom. The molecule has 0 radical (unpaired) electrons. The molecule has 0 atom stereocenters. The van der Waals surface area contributed by atoms with E-state index in [2.05, 4.69) is 136 Å². The summed E-state index contributed by atoms with van der Waals surface area (Å²) in [7, 11) is 0. The fourth-order valence-electron chi connectivity index (χ4n) is 7.19. The molecule has 3 heterocycles. The van der Waals surface area contributed by atoms with Crippen LogP contribution in [0.4, 0.5) is 4.39 Å². The number of halogens is 1. The summed E-state index contributed by atoms with van der Waals surface area (Å²) >= 11 is 0. The number of hydrogen-bond acceptors (Lipinski definition) is 2. The Hall–Kier alpha value is -4.40. The van der Waals surface area contributed by atoms with Gasteiger partial charge in [-0.05, 0) is 91.9 Å². The number of pyridine rings is 2. The molecule has 3 aromatic heterocycles. The van der Waals surface area contributed by atoms with Crippen LogP contribution in [0.5, 0.6) is 0 Å². The normalized spacial score (nSPS) is 12.4. The average molecular weight is 881 g/mol. The number of hydrogen-bond donors (Lipinski definition) is 0. The van der Waals surface area contributed by atoms with E-state index in [4.69, 9.17) is 9.97 Å². The van der Waals surface area contributed by atoms with Gasteiger partial charge < -0.3 is 4.98 Å². The third kappa shape index (κ3) is 7.28. The van der Waals surface area contributed by atoms with Gasteiger partial charge in [-0.1, -0.05) is 128 Å². The van der Waals surface area contributed by atoms with Crippen LogP contribution in [0.25, 0.3) is 66.6 Å². The maximum Gasteiger partial charge on any atom is 2.00 e. The van der Waals surface area contributed by atoms with Gasteiger partial charge in [0.15, 0.2) is 0 Å². The maximum absolute atomic E-state index is 16.0. The number of aromatic nitrogens is 3. The number of benzene rings is 4. The summed E-state index contributed by atoms with van der Waals surface area (Å²) in [5.41, 5.74) is 14.0. The van der Waals surface area contributed by atoms with E-state index in [1.54, 1.807) is 0 Å². The smallest absolute Gasteiger partial charge is 0.662 e. The molecule has 272 valence electrons. The van der Waals surface area contributed by atoms with Gasteiger partial charge in [0.05, 0.1) is 5.69 Å². The first-order chi connectivity index (χ1) is 24.4. The second kappa shape index (κ2) is 13.8. The minimum Gasteiger partial charge on any atom is -0.662 e. The van der Waals surface area contributed by atoms with E-state index in [1.807, 2.05) is 42.6 Å². The van der Waals surface area contributed by atoms with E-state index in [1.165, 1.54) is 16.7 Å². The average Bonchev–Trinajstić information content (AvgIpc) is 3.46. The van der Waals surface area contributed by atoms with Gasteiger partial charge in [0.2, 0.25) is 5.95 Å². The van der Waals surface area contributed by atoms with E-state index < -0.39 is 5.95 Å². The summed E-state index contributed by atoms with van der Waals surface area (Å²) < 4.78 is 16.0. The predicted octanol–water partition coefficient (Wildman–Crippen LogP) is 12.9. The summed E-state index contributed by atoms with van der Waals surface area (Å²) in [5, 5.41) is 2.23. The van der Waals surface area contributed by atoms with Crippen molar-refractivity contribution in [1.82, 2.24) is 15.0 Å². The van der Waals surface area contributed by atoms with Crippen LogP contribution in [0.1, 0.15) is 90.1 Å². The van der Waals surface area contributed by atoms with Crippen molar-refractivity contribution in [2.24, 2.45) is 0 Å². The van der Waals surface area contributed by atoms with E-state index in [9.17, 15) is 0 Å². The Kier molecular flexibility index (Phi) is 9.97. The Morgan fingerprint density at radius 3 is 1.66 bits per heavy atom. The van der Waals surface area contributed by atoms with E-state index >= 15 is 4.39 Å². The molecule has 7 aromatic rings. The molecule has 0 unspecified atom stereocenters. The second-order valence-electron chi connectivity index (χ2n) is 17.4. The molecule has 0 fully saturated rings. The van der Waals surface area contributed by atoms with Crippen LogP contribution in [0.2, 0.25) is 0 Å². The van der Waals surface area contributed by atoms with Crippen molar-refractivity contribution in [3.63, 3.8) is 0 Å². The molecule has 3 nitrogen and oxygen atoms in total. The first kappa shape index (κ1) is 38.3. The van der Waals surface area contributed by atoms with Gasteiger partial charge in [-0.25, -0.2) is 0 Å². The van der Waals surface area contributed by atoms with E-state index in [-0.39, 0.29) is 37.3 Å². The summed E-state index contributed by atoms with van der Waals surface area (Å²) in [5.74, 6) is -0.483. The molecule has 7 rings (SSSR count). The third-order valence-electron chi connectivity index (χ3n) is 10.3. The third-order valence-corrected chi connectivity index (χ3v) is 10.3. The fraction of sp³-hybridized carbons (Fsp3) is 0.292. The molecule has 0 saturated heterocycles. The first-order valence-corrected chi connectivity index (χ1v) is 18.2. The van der Waals surface area contributed by atoms with Gasteiger partial charge in [-0.2, -0.15) is 9.91 Å². The summed E-state index contributed by atoms with van der Waals surface area (Å²) in [6, 6.07) is 32.9. The molecule has 53 heavy (non-hydrogen) atoms. The SMILES string of the molecule is Cc1cc(C(C)(C)C)cc(C)c1-c1ccc(-c2[c-]c(-c3cc(C(C)(C)C)cc4c3[n-]c3c(-c5ccccn5)cc(C(C)(C)C)cc34)ccc2)nc1F.[Pt+2]. The van der Waals surface area contributed by atoms with Gasteiger partial charge in [-0.3, -0.25) is 9.97 Å². The Bertz CT molecular complexity index is 2470. The molecule has 0 bridgehead atoms. The maximum atomic E-state index is 16.0.